The van der Waals surface area contributed by atoms with Crippen LogP contribution < -0.4 is 5.32 Å². The quantitative estimate of drug-likeness (QED) is 0.710. The van der Waals surface area contributed by atoms with Crippen LogP contribution in [0.5, 0.6) is 0 Å². The molecule has 0 aliphatic carbocycles. The fourth-order valence-electron chi connectivity index (χ4n) is 3.79. The second-order valence-corrected chi connectivity index (χ2v) is 8.81. The van der Waals surface area contributed by atoms with E-state index < -0.39 is 0 Å². The van der Waals surface area contributed by atoms with Crippen LogP contribution in [0.4, 0.5) is 5.82 Å². The normalized spacial score (nSPS) is 16.2. The van der Waals surface area contributed by atoms with Gasteiger partial charge in [0.05, 0.1) is 24.3 Å². The summed E-state index contributed by atoms with van der Waals surface area (Å²) in [6, 6.07) is 0. The molecule has 7 nitrogen and oxygen atoms in total. The fraction of sp³-hybridized carbons (Fsp3) is 0.762. The van der Waals surface area contributed by atoms with Gasteiger partial charge in [-0.1, -0.05) is 27.2 Å². The summed E-state index contributed by atoms with van der Waals surface area (Å²) in [6.45, 7) is 16.5. The molecular formula is C21H36N6O. The number of rotatable bonds is 9. The molecule has 28 heavy (non-hydrogen) atoms. The van der Waals surface area contributed by atoms with Crippen molar-refractivity contribution in [1.82, 2.24) is 24.6 Å². The highest BCUT2D eigenvalue weighted by Gasteiger charge is 2.28. The number of hydrogen-bond acceptors (Lipinski definition) is 6. The van der Waals surface area contributed by atoms with E-state index in [1.807, 2.05) is 0 Å². The summed E-state index contributed by atoms with van der Waals surface area (Å²) in [5.74, 6) is 1.44. The fourth-order valence-corrected chi connectivity index (χ4v) is 3.79. The topological polar surface area (TPSA) is 68.1 Å². The Morgan fingerprint density at radius 3 is 2.64 bits per heavy atom. The molecule has 0 amide bonds. The number of nitrogens with zero attached hydrogens (tertiary/aromatic N) is 5. The summed E-state index contributed by atoms with van der Waals surface area (Å²) in [5, 5.41) is 9.62. The molecule has 0 spiro atoms. The molecule has 7 heteroatoms. The van der Waals surface area contributed by atoms with Gasteiger partial charge < -0.3 is 10.1 Å². The van der Waals surface area contributed by atoms with Gasteiger partial charge in [-0.25, -0.2) is 14.6 Å². The van der Waals surface area contributed by atoms with Crippen molar-refractivity contribution in [3.05, 3.63) is 12.0 Å². The zero-order valence-corrected chi connectivity index (χ0v) is 18.2. The molecule has 1 saturated heterocycles. The summed E-state index contributed by atoms with van der Waals surface area (Å²) in [4.78, 5) is 11.7. The maximum absolute atomic E-state index is 5.51. The van der Waals surface area contributed by atoms with Gasteiger partial charge in [0.2, 0.25) is 0 Å². The number of nitrogens with one attached hydrogen (secondary N) is 1. The highest BCUT2D eigenvalue weighted by molar-refractivity contribution is 5.89. The van der Waals surface area contributed by atoms with Crippen LogP contribution in [-0.4, -0.2) is 63.0 Å². The zero-order valence-electron chi connectivity index (χ0n) is 18.2. The Morgan fingerprint density at radius 2 is 1.96 bits per heavy atom. The number of ether oxygens (including phenoxy) is 1. The molecule has 0 saturated carbocycles. The first-order valence-corrected chi connectivity index (χ1v) is 10.7. The Hall–Kier alpha value is -1.73. The number of fused-ring (bicyclic) bond motifs is 1. The van der Waals surface area contributed by atoms with Gasteiger partial charge in [-0.15, -0.1) is 0 Å². The van der Waals surface area contributed by atoms with Crippen LogP contribution in [0.1, 0.15) is 53.2 Å². The molecule has 2 aromatic rings. The van der Waals surface area contributed by atoms with Gasteiger partial charge in [0.15, 0.2) is 5.65 Å². The zero-order chi connectivity index (χ0) is 20.1. The highest BCUT2D eigenvalue weighted by Crippen LogP contribution is 2.27. The third kappa shape index (κ3) is 4.81. The maximum Gasteiger partial charge on any atom is 0.163 e. The predicted molar refractivity (Wildman–Crippen MR) is 114 cm³/mol. The first-order chi connectivity index (χ1) is 13.4. The number of unbranched alkanes of at least 4 members (excludes halogenated alkanes) is 1. The molecule has 0 atom stereocenters. The van der Waals surface area contributed by atoms with Crippen LogP contribution in [0.15, 0.2) is 6.33 Å². The van der Waals surface area contributed by atoms with Gasteiger partial charge in [-0.3, -0.25) is 4.90 Å². The van der Waals surface area contributed by atoms with Gasteiger partial charge in [-0.2, -0.15) is 5.10 Å². The molecular weight excluding hydrogens is 352 g/mol. The van der Waals surface area contributed by atoms with Crippen LogP contribution in [0, 0.1) is 5.92 Å². The molecule has 1 aliphatic heterocycles. The number of aryl methyl sites for hydroxylation is 1. The third-order valence-electron chi connectivity index (χ3n) is 5.48. The lowest BCUT2D eigenvalue weighted by Gasteiger charge is -2.41. The molecule has 2 aromatic heterocycles. The summed E-state index contributed by atoms with van der Waals surface area (Å²) < 4.78 is 7.58. The second kappa shape index (κ2) is 9.18. The Balaban J connectivity index is 1.86. The molecule has 3 rings (SSSR count). The number of hydrogen-bond donors (Lipinski definition) is 1. The van der Waals surface area contributed by atoms with E-state index in [4.69, 9.17) is 9.84 Å². The van der Waals surface area contributed by atoms with Crippen molar-refractivity contribution in [2.45, 2.75) is 66.0 Å². The first kappa shape index (κ1) is 21.0. The van der Waals surface area contributed by atoms with E-state index in [2.05, 4.69) is 59.5 Å². The average Bonchev–Trinajstić information content (AvgIpc) is 3.03. The van der Waals surface area contributed by atoms with Crippen LogP contribution in [0.2, 0.25) is 0 Å². The largest absolute Gasteiger partial charge is 0.379 e. The third-order valence-corrected chi connectivity index (χ3v) is 5.48. The van der Waals surface area contributed by atoms with Crippen molar-refractivity contribution >= 4 is 16.9 Å². The van der Waals surface area contributed by atoms with Gasteiger partial charge in [0.25, 0.3) is 0 Å². The smallest absolute Gasteiger partial charge is 0.163 e. The van der Waals surface area contributed by atoms with Gasteiger partial charge in [0, 0.05) is 31.7 Å². The summed E-state index contributed by atoms with van der Waals surface area (Å²) in [5.41, 5.74) is 2.08. The van der Waals surface area contributed by atoms with E-state index in [1.54, 1.807) is 6.33 Å². The minimum absolute atomic E-state index is 0.0253. The molecule has 0 aromatic carbocycles. The molecule has 1 aliphatic rings. The monoisotopic (exact) mass is 388 g/mol. The van der Waals surface area contributed by atoms with Crippen LogP contribution in [0.3, 0.4) is 0 Å². The molecule has 0 bridgehead atoms. The van der Waals surface area contributed by atoms with Crippen molar-refractivity contribution < 1.29 is 4.74 Å². The lowest BCUT2D eigenvalue weighted by Crippen LogP contribution is -2.53. The van der Waals surface area contributed by atoms with Crippen LogP contribution in [-0.2, 0) is 17.7 Å². The SMILES string of the molecule is CCCCn1nc(CC(C)C)c2c(NCC(C)(C)N3CCOCC3)ncnc21. The lowest BCUT2D eigenvalue weighted by molar-refractivity contribution is -0.00569. The summed E-state index contributed by atoms with van der Waals surface area (Å²) in [7, 11) is 0. The molecule has 0 radical (unpaired) electrons. The van der Waals surface area contributed by atoms with Gasteiger partial charge in [-0.05, 0) is 32.6 Å². The van der Waals surface area contributed by atoms with E-state index in [9.17, 15) is 0 Å². The van der Waals surface area contributed by atoms with Gasteiger partial charge >= 0.3 is 0 Å². The van der Waals surface area contributed by atoms with E-state index in [0.29, 0.717) is 5.92 Å². The molecule has 156 valence electrons. The highest BCUT2D eigenvalue weighted by atomic mass is 16.5. The van der Waals surface area contributed by atoms with Crippen molar-refractivity contribution in [2.75, 3.05) is 38.2 Å². The van der Waals surface area contributed by atoms with E-state index in [0.717, 1.165) is 81.2 Å². The minimum atomic E-state index is 0.0253. The van der Waals surface area contributed by atoms with Gasteiger partial charge in [0.1, 0.15) is 12.1 Å². The van der Waals surface area contributed by atoms with E-state index in [1.165, 1.54) is 0 Å². The molecule has 1 fully saturated rings. The lowest BCUT2D eigenvalue weighted by atomic mass is 10.0. The van der Waals surface area contributed by atoms with Crippen LogP contribution in [0.25, 0.3) is 11.0 Å². The summed E-state index contributed by atoms with van der Waals surface area (Å²) in [6.07, 6.45) is 4.85. The van der Waals surface area contributed by atoms with Crippen molar-refractivity contribution in [1.29, 1.82) is 0 Å². The number of aromatic nitrogens is 4. The standard InChI is InChI=1S/C21H36N6O/c1-6-7-8-27-20-18(17(25-27)13-16(2)3)19(23-15-24-20)22-14-21(4,5)26-9-11-28-12-10-26/h15-16H,6-14H2,1-5H3,(H,22,23,24). The van der Waals surface area contributed by atoms with E-state index in [-0.39, 0.29) is 5.54 Å². The molecule has 1 N–H and O–H groups in total. The average molecular weight is 389 g/mol. The second-order valence-electron chi connectivity index (χ2n) is 8.81. The first-order valence-electron chi connectivity index (χ1n) is 10.7. The summed E-state index contributed by atoms with van der Waals surface area (Å²) >= 11 is 0. The van der Waals surface area contributed by atoms with Crippen molar-refractivity contribution in [2.24, 2.45) is 5.92 Å². The Kier molecular flexibility index (Phi) is 6.88. The number of morpholine rings is 1. The minimum Gasteiger partial charge on any atom is -0.379 e. The maximum atomic E-state index is 5.51. The number of anilines is 1. The Morgan fingerprint density at radius 1 is 1.21 bits per heavy atom. The Labute approximate surface area is 168 Å². The Bertz CT molecular complexity index is 764. The molecule has 3 heterocycles. The van der Waals surface area contributed by atoms with Crippen molar-refractivity contribution in [3.63, 3.8) is 0 Å². The van der Waals surface area contributed by atoms with Crippen LogP contribution >= 0.6 is 0 Å². The van der Waals surface area contributed by atoms with E-state index >= 15 is 0 Å². The predicted octanol–water partition coefficient (Wildman–Crippen LogP) is 3.35. The molecule has 0 unspecified atom stereocenters. The van der Waals surface area contributed by atoms with Crippen molar-refractivity contribution in [3.8, 4) is 0 Å².